The summed E-state index contributed by atoms with van der Waals surface area (Å²) in [4.78, 5) is 25.8. The van der Waals surface area contributed by atoms with E-state index in [2.05, 4.69) is 17.4 Å². The van der Waals surface area contributed by atoms with Crippen LogP contribution in [-0.2, 0) is 16.0 Å². The van der Waals surface area contributed by atoms with E-state index in [0.717, 1.165) is 12.8 Å². The number of aryl methyl sites for hydroxylation is 1. The van der Waals surface area contributed by atoms with Crippen molar-refractivity contribution in [2.75, 3.05) is 24.8 Å². The molecule has 2 aliphatic heterocycles. The van der Waals surface area contributed by atoms with Crippen LogP contribution in [0.5, 0.6) is 11.5 Å². The first-order valence-electron chi connectivity index (χ1n) is 9.37. The number of hydrogen-bond donors (Lipinski definition) is 1. The third-order valence-corrected chi connectivity index (χ3v) is 4.78. The summed E-state index contributed by atoms with van der Waals surface area (Å²) in [6.45, 7) is 0.863. The van der Waals surface area contributed by atoms with Gasteiger partial charge in [-0.1, -0.05) is 30.3 Å². The van der Waals surface area contributed by atoms with Crippen molar-refractivity contribution in [2.45, 2.75) is 25.4 Å². The van der Waals surface area contributed by atoms with E-state index in [4.69, 9.17) is 14.2 Å². The van der Waals surface area contributed by atoms with Crippen molar-refractivity contribution in [3.05, 3.63) is 54.1 Å². The monoisotopic (exact) mass is 382 g/mol. The van der Waals surface area contributed by atoms with Gasteiger partial charge in [-0.15, -0.1) is 0 Å². The van der Waals surface area contributed by atoms with Gasteiger partial charge in [-0.25, -0.2) is 4.79 Å². The van der Waals surface area contributed by atoms with Crippen LogP contribution >= 0.6 is 0 Å². The molecule has 2 heterocycles. The van der Waals surface area contributed by atoms with E-state index in [1.165, 1.54) is 10.5 Å². The minimum absolute atomic E-state index is 0.0338. The highest BCUT2D eigenvalue weighted by Crippen LogP contribution is 2.36. The topological polar surface area (TPSA) is 77.1 Å². The molecule has 2 aliphatic rings. The molecule has 0 aromatic heterocycles. The molecule has 146 valence electrons. The second kappa shape index (κ2) is 8.21. The average Bonchev–Trinajstić information content (AvgIpc) is 3.32. The van der Waals surface area contributed by atoms with Gasteiger partial charge in [-0.05, 0) is 30.5 Å². The van der Waals surface area contributed by atoms with Gasteiger partial charge in [0.15, 0.2) is 11.5 Å². The lowest BCUT2D eigenvalue weighted by Gasteiger charge is -2.13. The van der Waals surface area contributed by atoms with Crippen molar-refractivity contribution in [1.29, 1.82) is 0 Å². The summed E-state index contributed by atoms with van der Waals surface area (Å²) in [7, 11) is 0. The highest BCUT2D eigenvalue weighted by molar-refractivity contribution is 5.90. The Morgan fingerprint density at radius 3 is 2.79 bits per heavy atom. The van der Waals surface area contributed by atoms with Crippen LogP contribution in [0.4, 0.5) is 10.5 Å². The smallest absolute Gasteiger partial charge is 0.414 e. The number of benzene rings is 2. The van der Waals surface area contributed by atoms with E-state index in [1.807, 2.05) is 18.2 Å². The van der Waals surface area contributed by atoms with E-state index >= 15 is 0 Å². The van der Waals surface area contributed by atoms with Gasteiger partial charge < -0.3 is 19.5 Å². The van der Waals surface area contributed by atoms with Gasteiger partial charge in [0.25, 0.3) is 0 Å². The highest BCUT2D eigenvalue weighted by atomic mass is 16.7. The Hall–Kier alpha value is -3.22. The maximum Gasteiger partial charge on any atom is 0.414 e. The van der Waals surface area contributed by atoms with Crippen LogP contribution in [0.25, 0.3) is 0 Å². The zero-order valence-corrected chi connectivity index (χ0v) is 15.4. The van der Waals surface area contributed by atoms with Crippen molar-refractivity contribution in [3.8, 4) is 11.5 Å². The average molecular weight is 382 g/mol. The summed E-state index contributed by atoms with van der Waals surface area (Å²) in [5.41, 5.74) is 1.91. The Morgan fingerprint density at radius 2 is 1.93 bits per heavy atom. The molecule has 1 N–H and O–H groups in total. The van der Waals surface area contributed by atoms with Crippen molar-refractivity contribution >= 4 is 17.7 Å². The maximum atomic E-state index is 12.2. The van der Waals surface area contributed by atoms with Crippen molar-refractivity contribution in [1.82, 2.24) is 5.32 Å². The number of rotatable bonds is 7. The van der Waals surface area contributed by atoms with E-state index in [1.54, 1.807) is 18.2 Å². The predicted molar refractivity (Wildman–Crippen MR) is 103 cm³/mol. The van der Waals surface area contributed by atoms with E-state index in [0.29, 0.717) is 36.7 Å². The van der Waals surface area contributed by atoms with Gasteiger partial charge in [0.1, 0.15) is 6.10 Å². The molecule has 1 saturated heterocycles. The number of carbonyl (C=O) groups is 2. The molecule has 7 nitrogen and oxygen atoms in total. The fraction of sp³-hybridized carbons (Fsp3) is 0.333. The molecular formula is C21H22N2O5. The van der Waals surface area contributed by atoms with Crippen molar-refractivity contribution < 1.29 is 23.8 Å². The maximum absolute atomic E-state index is 12.2. The first-order valence-corrected chi connectivity index (χ1v) is 9.37. The molecule has 2 amide bonds. The number of cyclic esters (lactones) is 1. The number of nitrogens with zero attached hydrogens (tertiary/aromatic N) is 1. The van der Waals surface area contributed by atoms with Gasteiger partial charge in [0.05, 0.1) is 18.8 Å². The zero-order chi connectivity index (χ0) is 19.3. The van der Waals surface area contributed by atoms with Crippen LogP contribution < -0.4 is 19.7 Å². The minimum atomic E-state index is -0.429. The second-order valence-electron chi connectivity index (χ2n) is 6.80. The Morgan fingerprint density at radius 1 is 1.11 bits per heavy atom. The van der Waals surface area contributed by atoms with Crippen molar-refractivity contribution in [3.63, 3.8) is 0 Å². The summed E-state index contributed by atoms with van der Waals surface area (Å²) in [5.74, 6) is 1.24. The molecule has 2 aromatic rings. The third-order valence-electron chi connectivity index (χ3n) is 4.78. The summed E-state index contributed by atoms with van der Waals surface area (Å²) in [5, 5.41) is 2.86. The van der Waals surface area contributed by atoms with Crippen LogP contribution in [-0.4, -0.2) is 38.0 Å². The number of carbonyl (C=O) groups excluding carboxylic acids is 2. The molecule has 1 atom stereocenters. The predicted octanol–water partition coefficient (Wildman–Crippen LogP) is 2.88. The van der Waals surface area contributed by atoms with Gasteiger partial charge in [-0.2, -0.15) is 0 Å². The van der Waals surface area contributed by atoms with Crippen LogP contribution in [0.1, 0.15) is 18.4 Å². The minimum Gasteiger partial charge on any atom is -0.454 e. The number of hydrogen-bond acceptors (Lipinski definition) is 5. The zero-order valence-electron chi connectivity index (χ0n) is 15.4. The van der Waals surface area contributed by atoms with Crippen LogP contribution in [0.2, 0.25) is 0 Å². The SMILES string of the molecule is O=C(CCCc1ccccc1)NCC1CN(c2ccc3c(c2)OCO3)C(=O)O1. The number of ether oxygens (including phenoxy) is 3. The molecule has 7 heteroatoms. The fourth-order valence-electron chi connectivity index (χ4n) is 3.31. The summed E-state index contributed by atoms with van der Waals surface area (Å²) >= 11 is 0. The molecule has 1 unspecified atom stereocenters. The molecule has 0 aliphatic carbocycles. The normalized spacial score (nSPS) is 17.5. The van der Waals surface area contributed by atoms with Gasteiger partial charge >= 0.3 is 6.09 Å². The Labute approximate surface area is 163 Å². The molecule has 28 heavy (non-hydrogen) atoms. The molecule has 1 fully saturated rings. The molecule has 0 spiro atoms. The number of amides is 2. The summed E-state index contributed by atoms with van der Waals surface area (Å²) in [6.07, 6.45) is 1.29. The lowest BCUT2D eigenvalue weighted by atomic mass is 10.1. The highest BCUT2D eigenvalue weighted by Gasteiger charge is 2.33. The van der Waals surface area contributed by atoms with Crippen LogP contribution in [0.15, 0.2) is 48.5 Å². The third kappa shape index (κ3) is 4.19. The molecule has 2 aromatic carbocycles. The quantitative estimate of drug-likeness (QED) is 0.797. The van der Waals surface area contributed by atoms with E-state index in [-0.39, 0.29) is 18.8 Å². The Bertz CT molecular complexity index is 855. The van der Waals surface area contributed by atoms with Crippen molar-refractivity contribution in [2.24, 2.45) is 0 Å². The van der Waals surface area contributed by atoms with Crippen LogP contribution in [0.3, 0.4) is 0 Å². The van der Waals surface area contributed by atoms with Gasteiger partial charge in [-0.3, -0.25) is 9.69 Å². The first-order chi connectivity index (χ1) is 13.7. The molecule has 0 saturated carbocycles. The molecule has 4 rings (SSSR count). The Kier molecular flexibility index (Phi) is 5.32. The molecular weight excluding hydrogens is 360 g/mol. The largest absolute Gasteiger partial charge is 0.454 e. The lowest BCUT2D eigenvalue weighted by molar-refractivity contribution is -0.121. The first kappa shape index (κ1) is 18.2. The molecule has 0 bridgehead atoms. The molecule has 0 radical (unpaired) electrons. The van der Waals surface area contributed by atoms with E-state index in [9.17, 15) is 9.59 Å². The van der Waals surface area contributed by atoms with Gasteiger partial charge in [0.2, 0.25) is 12.7 Å². The second-order valence-corrected chi connectivity index (χ2v) is 6.80. The number of fused-ring (bicyclic) bond motifs is 1. The van der Waals surface area contributed by atoms with Gasteiger partial charge in [0, 0.05) is 12.5 Å². The van der Waals surface area contributed by atoms with E-state index < -0.39 is 6.09 Å². The lowest BCUT2D eigenvalue weighted by Crippen LogP contribution is -2.34. The summed E-state index contributed by atoms with van der Waals surface area (Å²) < 4.78 is 16.0. The number of nitrogens with one attached hydrogen (secondary N) is 1. The fourth-order valence-corrected chi connectivity index (χ4v) is 3.31. The number of anilines is 1. The van der Waals surface area contributed by atoms with Crippen LogP contribution in [0, 0.1) is 0 Å². The summed E-state index contributed by atoms with van der Waals surface area (Å²) in [6, 6.07) is 15.4. The standard InChI is InChI=1S/C21H22N2O5/c24-20(8-4-7-15-5-2-1-3-6-15)22-12-17-13-23(21(25)28-17)16-9-10-18-19(11-16)27-14-26-18/h1-3,5-6,9-11,17H,4,7-8,12-14H2,(H,22,24). The Balaban J connectivity index is 1.23.